The van der Waals surface area contributed by atoms with Gasteiger partial charge in [0.15, 0.2) is 4.90 Å². The number of hydrogen-bond acceptors (Lipinski definition) is 5. The van der Waals surface area contributed by atoms with Crippen molar-refractivity contribution in [3.05, 3.63) is 27.0 Å². The van der Waals surface area contributed by atoms with E-state index in [1.54, 1.807) is 0 Å². The van der Waals surface area contributed by atoms with Gasteiger partial charge in [-0.15, -0.1) is 0 Å². The number of sulfonamides is 1. The summed E-state index contributed by atoms with van der Waals surface area (Å²) >= 11 is 0. The van der Waals surface area contributed by atoms with E-state index in [2.05, 4.69) is 5.32 Å². The maximum atomic E-state index is 12.7. The highest BCUT2D eigenvalue weighted by Gasteiger charge is 2.35. The summed E-state index contributed by atoms with van der Waals surface area (Å²) in [4.78, 5) is 23.4. The van der Waals surface area contributed by atoms with Gasteiger partial charge in [-0.25, -0.2) is 13.2 Å². The second-order valence-electron chi connectivity index (χ2n) is 5.90. The van der Waals surface area contributed by atoms with E-state index in [1.165, 1.54) is 18.4 Å². The smallest absolute Gasteiger partial charge is 0.309 e. The highest BCUT2D eigenvalue weighted by molar-refractivity contribution is 7.89. The lowest BCUT2D eigenvalue weighted by atomic mass is 10.0. The van der Waals surface area contributed by atoms with E-state index >= 15 is 0 Å². The Balaban J connectivity index is 2.56. The van der Waals surface area contributed by atoms with Crippen LogP contribution in [0.15, 0.2) is 20.7 Å². The molecule has 1 aromatic rings. The minimum atomic E-state index is -3.93. The highest BCUT2D eigenvalue weighted by Crippen LogP contribution is 2.17. The summed E-state index contributed by atoms with van der Waals surface area (Å²) in [5.41, 5.74) is -1.72. The van der Waals surface area contributed by atoms with Crippen LogP contribution in [0.5, 0.6) is 0 Å². The van der Waals surface area contributed by atoms with Gasteiger partial charge in [0.25, 0.3) is 5.56 Å². The number of rotatable bonds is 2. The van der Waals surface area contributed by atoms with Gasteiger partial charge < -0.3 is 9.88 Å². The molecule has 0 amide bonds. The summed E-state index contributed by atoms with van der Waals surface area (Å²) in [5, 5.41) is 3.21. The standard InChI is InChI=1S/C12H20N4O4S/c1-12(2)8-16(6-5-13-12)21(19,20)9-7-14(3)11(18)15(4)10(9)17/h7,13H,5-6,8H2,1-4H3. The molecule has 118 valence electrons. The second-order valence-corrected chi connectivity index (χ2v) is 7.81. The van der Waals surface area contributed by atoms with Gasteiger partial charge in [0.1, 0.15) is 0 Å². The van der Waals surface area contributed by atoms with Crippen LogP contribution in [0.2, 0.25) is 0 Å². The summed E-state index contributed by atoms with van der Waals surface area (Å²) in [6.07, 6.45) is 1.09. The van der Waals surface area contributed by atoms with Gasteiger partial charge in [-0.1, -0.05) is 0 Å². The first-order valence-corrected chi connectivity index (χ1v) is 8.02. The third-order valence-corrected chi connectivity index (χ3v) is 5.40. The summed E-state index contributed by atoms with van der Waals surface area (Å²) in [7, 11) is -1.24. The molecule has 1 aliphatic heterocycles. The third-order valence-electron chi connectivity index (χ3n) is 3.57. The van der Waals surface area contributed by atoms with Crippen LogP contribution in [0, 0.1) is 0 Å². The molecule has 0 atom stereocenters. The van der Waals surface area contributed by atoms with Crippen molar-refractivity contribution in [2.24, 2.45) is 14.1 Å². The molecule has 1 saturated heterocycles. The minimum absolute atomic E-state index is 0.265. The molecule has 1 N–H and O–H groups in total. The molecule has 0 radical (unpaired) electrons. The monoisotopic (exact) mass is 316 g/mol. The Kier molecular flexibility index (Phi) is 3.85. The van der Waals surface area contributed by atoms with E-state index in [-0.39, 0.29) is 23.5 Å². The van der Waals surface area contributed by atoms with E-state index in [4.69, 9.17) is 0 Å². The minimum Gasteiger partial charge on any atom is -0.309 e. The zero-order valence-electron chi connectivity index (χ0n) is 12.6. The first kappa shape index (κ1) is 15.9. The maximum Gasteiger partial charge on any atom is 0.330 e. The van der Waals surface area contributed by atoms with Crippen molar-refractivity contribution in [1.29, 1.82) is 0 Å². The zero-order chi connectivity index (χ0) is 16.0. The lowest BCUT2D eigenvalue weighted by Crippen LogP contribution is -2.58. The van der Waals surface area contributed by atoms with E-state index < -0.39 is 21.3 Å². The average Bonchev–Trinajstić information content (AvgIpc) is 2.39. The summed E-state index contributed by atoms with van der Waals surface area (Å²) in [6, 6.07) is 0. The predicted molar refractivity (Wildman–Crippen MR) is 77.8 cm³/mol. The van der Waals surface area contributed by atoms with Crippen LogP contribution in [0.4, 0.5) is 0 Å². The fraction of sp³-hybridized carbons (Fsp3) is 0.667. The Morgan fingerprint density at radius 1 is 1.24 bits per heavy atom. The molecular weight excluding hydrogens is 296 g/mol. The maximum absolute atomic E-state index is 12.7. The molecule has 0 unspecified atom stereocenters. The molecule has 2 rings (SSSR count). The van der Waals surface area contributed by atoms with Crippen LogP contribution >= 0.6 is 0 Å². The Hall–Kier alpha value is -1.45. The molecule has 0 spiro atoms. The van der Waals surface area contributed by atoms with Crippen molar-refractivity contribution in [1.82, 2.24) is 18.8 Å². The lowest BCUT2D eigenvalue weighted by molar-refractivity contribution is 0.233. The van der Waals surface area contributed by atoms with Crippen molar-refractivity contribution in [2.75, 3.05) is 19.6 Å². The van der Waals surface area contributed by atoms with Crippen molar-refractivity contribution in [3.8, 4) is 0 Å². The van der Waals surface area contributed by atoms with Crippen molar-refractivity contribution < 1.29 is 8.42 Å². The molecule has 8 nitrogen and oxygen atoms in total. The van der Waals surface area contributed by atoms with Crippen molar-refractivity contribution >= 4 is 10.0 Å². The first-order valence-electron chi connectivity index (χ1n) is 6.58. The van der Waals surface area contributed by atoms with Gasteiger partial charge in [-0.3, -0.25) is 9.36 Å². The molecule has 1 aromatic heterocycles. The Bertz CT molecular complexity index is 775. The van der Waals surface area contributed by atoms with Gasteiger partial charge in [0.2, 0.25) is 10.0 Å². The van der Waals surface area contributed by atoms with Gasteiger partial charge in [-0.05, 0) is 13.8 Å². The number of nitrogens with zero attached hydrogens (tertiary/aromatic N) is 3. The zero-order valence-corrected chi connectivity index (χ0v) is 13.4. The van der Waals surface area contributed by atoms with Crippen LogP contribution in [-0.4, -0.2) is 47.0 Å². The van der Waals surface area contributed by atoms with E-state index in [0.29, 0.717) is 6.54 Å². The Labute approximate surface area is 123 Å². The summed E-state index contributed by atoms with van der Waals surface area (Å²) in [6.45, 7) is 4.86. The SMILES string of the molecule is Cn1cc(S(=O)(=O)N2CCNC(C)(C)C2)c(=O)n(C)c1=O. The average molecular weight is 316 g/mol. The van der Waals surface area contributed by atoms with Crippen LogP contribution in [0.1, 0.15) is 13.8 Å². The predicted octanol–water partition coefficient (Wildman–Crippen LogP) is -1.54. The summed E-state index contributed by atoms with van der Waals surface area (Å²) in [5.74, 6) is 0. The Morgan fingerprint density at radius 2 is 1.86 bits per heavy atom. The van der Waals surface area contributed by atoms with Crippen LogP contribution in [-0.2, 0) is 24.1 Å². The van der Waals surface area contributed by atoms with Gasteiger partial charge in [-0.2, -0.15) is 4.31 Å². The van der Waals surface area contributed by atoms with Crippen molar-refractivity contribution in [2.45, 2.75) is 24.3 Å². The van der Waals surface area contributed by atoms with Crippen molar-refractivity contribution in [3.63, 3.8) is 0 Å². The number of aryl methyl sites for hydroxylation is 1. The number of aromatic nitrogens is 2. The third kappa shape index (κ3) is 2.81. The topological polar surface area (TPSA) is 93.4 Å². The largest absolute Gasteiger partial charge is 0.330 e. The normalized spacial score (nSPS) is 19.6. The second kappa shape index (κ2) is 5.08. The van der Waals surface area contributed by atoms with Gasteiger partial charge >= 0.3 is 5.69 Å². The molecule has 0 aliphatic carbocycles. The van der Waals surface area contributed by atoms with E-state index in [0.717, 1.165) is 15.3 Å². The molecule has 1 fully saturated rings. The number of hydrogen-bond donors (Lipinski definition) is 1. The van der Waals surface area contributed by atoms with Crippen LogP contribution in [0.25, 0.3) is 0 Å². The quantitative estimate of drug-likeness (QED) is 0.713. The molecule has 0 aromatic carbocycles. The molecule has 2 heterocycles. The lowest BCUT2D eigenvalue weighted by Gasteiger charge is -2.38. The first-order chi connectivity index (χ1) is 9.56. The highest BCUT2D eigenvalue weighted by atomic mass is 32.2. The number of piperazine rings is 1. The van der Waals surface area contributed by atoms with Gasteiger partial charge in [0.05, 0.1) is 0 Å². The van der Waals surface area contributed by atoms with Crippen LogP contribution in [0.3, 0.4) is 0 Å². The molecule has 1 aliphatic rings. The van der Waals surface area contributed by atoms with Gasteiger partial charge in [0, 0.05) is 45.5 Å². The van der Waals surface area contributed by atoms with Crippen LogP contribution < -0.4 is 16.6 Å². The summed E-state index contributed by atoms with van der Waals surface area (Å²) < 4.78 is 28.5. The molecule has 0 bridgehead atoms. The van der Waals surface area contributed by atoms with E-state index in [9.17, 15) is 18.0 Å². The van der Waals surface area contributed by atoms with E-state index in [1.807, 2.05) is 13.8 Å². The molecule has 9 heteroatoms. The fourth-order valence-electron chi connectivity index (χ4n) is 2.39. The molecular formula is C12H20N4O4S. The number of nitrogens with one attached hydrogen (secondary N) is 1. The molecule has 21 heavy (non-hydrogen) atoms. The molecule has 0 saturated carbocycles. The fourth-order valence-corrected chi connectivity index (χ4v) is 4.14. The Morgan fingerprint density at radius 3 is 2.43 bits per heavy atom.